The smallest absolute Gasteiger partial charge is 0.273 e. The summed E-state index contributed by atoms with van der Waals surface area (Å²) in [4.78, 5) is 19.2. The summed E-state index contributed by atoms with van der Waals surface area (Å²) in [5.41, 5.74) is 1.84. The molecule has 1 aliphatic rings. The average Bonchev–Trinajstić information content (AvgIpc) is 3.10. The van der Waals surface area contributed by atoms with Crippen molar-refractivity contribution in [1.82, 2.24) is 9.88 Å². The van der Waals surface area contributed by atoms with Crippen molar-refractivity contribution in [3.63, 3.8) is 0 Å². The van der Waals surface area contributed by atoms with Gasteiger partial charge in [0.2, 0.25) is 0 Å². The number of hydrogen-bond donors (Lipinski definition) is 1. The van der Waals surface area contributed by atoms with Crippen LogP contribution in [-0.2, 0) is 12.8 Å². The number of aliphatic hydroxyl groups excluding tert-OH is 1. The topological polar surface area (TPSA) is 53.4 Å². The van der Waals surface area contributed by atoms with Gasteiger partial charge < -0.3 is 10.0 Å². The molecule has 1 aliphatic heterocycles. The van der Waals surface area contributed by atoms with E-state index in [4.69, 9.17) is 0 Å². The third-order valence-electron chi connectivity index (χ3n) is 4.74. The van der Waals surface area contributed by atoms with E-state index in [9.17, 15) is 9.90 Å². The lowest BCUT2D eigenvalue weighted by molar-refractivity contribution is 0.0484. The van der Waals surface area contributed by atoms with Gasteiger partial charge in [0.1, 0.15) is 5.69 Å². The molecule has 1 N–H and O–H groups in total. The van der Waals surface area contributed by atoms with Gasteiger partial charge in [-0.2, -0.15) is 0 Å². The number of rotatable bonds is 5. The predicted molar refractivity (Wildman–Crippen MR) is 96.3 cm³/mol. The van der Waals surface area contributed by atoms with Crippen molar-refractivity contribution < 1.29 is 9.90 Å². The number of carbonyl (C=O) groups excluding carboxylic acids is 1. The first-order valence-electron chi connectivity index (χ1n) is 8.57. The van der Waals surface area contributed by atoms with Crippen molar-refractivity contribution >= 4 is 17.2 Å². The highest BCUT2D eigenvalue weighted by atomic mass is 32.1. The van der Waals surface area contributed by atoms with E-state index in [1.165, 1.54) is 5.56 Å². The van der Waals surface area contributed by atoms with Crippen LogP contribution in [0.1, 0.15) is 40.8 Å². The number of piperidine rings is 1. The van der Waals surface area contributed by atoms with Gasteiger partial charge >= 0.3 is 0 Å². The van der Waals surface area contributed by atoms with Crippen LogP contribution >= 0.6 is 11.3 Å². The molecule has 2 heterocycles. The molecule has 1 aromatic carbocycles. The van der Waals surface area contributed by atoms with Crippen molar-refractivity contribution in [2.75, 3.05) is 13.2 Å². The number of aromatic nitrogens is 1. The Morgan fingerprint density at radius 3 is 2.83 bits per heavy atom. The lowest BCUT2D eigenvalue weighted by atomic mass is 9.94. The maximum Gasteiger partial charge on any atom is 0.273 e. The number of thiazole rings is 1. The fraction of sp³-hybridized carbons (Fsp3) is 0.474. The number of aliphatic hydroxyl groups is 1. The highest BCUT2D eigenvalue weighted by Crippen LogP contribution is 2.24. The molecular formula is C19H24N2O2S. The Labute approximate surface area is 147 Å². The molecule has 1 amide bonds. The number of amides is 1. The summed E-state index contributed by atoms with van der Waals surface area (Å²) in [5.74, 6) is 0.198. The lowest BCUT2D eigenvalue weighted by Crippen LogP contribution is -2.46. The van der Waals surface area contributed by atoms with Crippen molar-refractivity contribution in [1.29, 1.82) is 0 Å². The second-order valence-electron chi connectivity index (χ2n) is 6.54. The molecule has 5 heteroatoms. The molecule has 2 aromatic rings. The Morgan fingerprint density at radius 1 is 1.29 bits per heavy atom. The van der Waals surface area contributed by atoms with Crippen LogP contribution in [0.3, 0.4) is 0 Å². The molecule has 0 spiro atoms. The standard InChI is InChI=1S/C19H24N2O2S/c1-14-7-8-16(12-22)11-21(14)19(23)17-13-24-18(20-17)10-9-15-5-3-2-4-6-15/h2-6,13-14,16,22H,7-12H2,1H3. The van der Waals surface area contributed by atoms with E-state index in [0.717, 1.165) is 30.7 Å². The van der Waals surface area contributed by atoms with Crippen LogP contribution in [0.4, 0.5) is 0 Å². The van der Waals surface area contributed by atoms with Gasteiger partial charge in [0.25, 0.3) is 5.91 Å². The molecule has 3 rings (SSSR count). The molecule has 2 unspecified atom stereocenters. The van der Waals surface area contributed by atoms with Crippen molar-refractivity contribution in [2.45, 2.75) is 38.6 Å². The van der Waals surface area contributed by atoms with Gasteiger partial charge in [-0.05, 0) is 37.7 Å². The summed E-state index contributed by atoms with van der Waals surface area (Å²) in [7, 11) is 0. The fourth-order valence-electron chi connectivity index (χ4n) is 3.18. The monoisotopic (exact) mass is 344 g/mol. The van der Waals surface area contributed by atoms with E-state index >= 15 is 0 Å². The molecule has 1 fully saturated rings. The summed E-state index contributed by atoms with van der Waals surface area (Å²) in [6, 6.07) is 10.6. The van der Waals surface area contributed by atoms with Gasteiger partial charge in [-0.25, -0.2) is 4.98 Å². The highest BCUT2D eigenvalue weighted by molar-refractivity contribution is 7.09. The van der Waals surface area contributed by atoms with Crippen LogP contribution in [-0.4, -0.2) is 40.1 Å². The molecule has 1 saturated heterocycles. The molecule has 4 nitrogen and oxygen atoms in total. The van der Waals surface area contributed by atoms with Crippen molar-refractivity contribution in [3.05, 3.63) is 52.0 Å². The summed E-state index contributed by atoms with van der Waals surface area (Å²) < 4.78 is 0. The van der Waals surface area contributed by atoms with Gasteiger partial charge in [-0.1, -0.05) is 30.3 Å². The second kappa shape index (κ2) is 7.90. The second-order valence-corrected chi connectivity index (χ2v) is 7.49. The number of likely N-dealkylation sites (tertiary alicyclic amines) is 1. The summed E-state index contributed by atoms with van der Waals surface area (Å²) in [5, 5.41) is 12.3. The zero-order valence-electron chi connectivity index (χ0n) is 14.0. The minimum atomic E-state index is 0.00265. The van der Waals surface area contributed by atoms with E-state index in [1.807, 2.05) is 28.5 Å². The first kappa shape index (κ1) is 17.1. The van der Waals surface area contributed by atoms with E-state index in [1.54, 1.807) is 11.3 Å². The first-order chi connectivity index (χ1) is 11.7. The third-order valence-corrected chi connectivity index (χ3v) is 5.65. The number of carbonyl (C=O) groups is 1. The number of hydrogen-bond acceptors (Lipinski definition) is 4. The molecule has 24 heavy (non-hydrogen) atoms. The number of aryl methyl sites for hydroxylation is 2. The SMILES string of the molecule is CC1CCC(CO)CN1C(=O)c1csc(CCc2ccccc2)n1. The van der Waals surface area contributed by atoms with E-state index in [0.29, 0.717) is 12.2 Å². The molecule has 128 valence electrons. The maximum absolute atomic E-state index is 12.7. The Kier molecular flexibility index (Phi) is 5.63. The zero-order chi connectivity index (χ0) is 16.9. The van der Waals surface area contributed by atoms with Gasteiger partial charge in [0, 0.05) is 31.0 Å². The van der Waals surface area contributed by atoms with Crippen LogP contribution in [0.2, 0.25) is 0 Å². The Balaban J connectivity index is 1.62. The third kappa shape index (κ3) is 4.02. The summed E-state index contributed by atoms with van der Waals surface area (Å²) in [6.45, 7) is 2.86. The van der Waals surface area contributed by atoms with Crippen LogP contribution in [0.15, 0.2) is 35.7 Å². The quantitative estimate of drug-likeness (QED) is 0.906. The largest absolute Gasteiger partial charge is 0.396 e. The van der Waals surface area contributed by atoms with Crippen LogP contribution in [0.25, 0.3) is 0 Å². The Morgan fingerprint density at radius 2 is 2.08 bits per heavy atom. The fourth-order valence-corrected chi connectivity index (χ4v) is 3.95. The normalized spacial score (nSPS) is 21.0. The average molecular weight is 344 g/mol. The van der Waals surface area contributed by atoms with E-state index in [-0.39, 0.29) is 24.5 Å². The van der Waals surface area contributed by atoms with Gasteiger partial charge in [0.05, 0.1) is 5.01 Å². The van der Waals surface area contributed by atoms with Gasteiger partial charge in [-0.3, -0.25) is 4.79 Å². The van der Waals surface area contributed by atoms with Gasteiger partial charge in [-0.15, -0.1) is 11.3 Å². The van der Waals surface area contributed by atoms with Crippen molar-refractivity contribution in [3.8, 4) is 0 Å². The van der Waals surface area contributed by atoms with E-state index < -0.39 is 0 Å². The Bertz CT molecular complexity index is 671. The number of nitrogens with zero attached hydrogens (tertiary/aromatic N) is 2. The highest BCUT2D eigenvalue weighted by Gasteiger charge is 2.30. The molecule has 0 radical (unpaired) electrons. The lowest BCUT2D eigenvalue weighted by Gasteiger charge is -2.37. The molecule has 0 saturated carbocycles. The molecule has 0 aliphatic carbocycles. The summed E-state index contributed by atoms with van der Waals surface area (Å²) >= 11 is 1.56. The molecular weight excluding hydrogens is 320 g/mol. The van der Waals surface area contributed by atoms with Crippen LogP contribution < -0.4 is 0 Å². The molecule has 1 aromatic heterocycles. The predicted octanol–water partition coefficient (Wildman–Crippen LogP) is 3.16. The van der Waals surface area contributed by atoms with E-state index in [2.05, 4.69) is 24.0 Å². The maximum atomic E-state index is 12.7. The van der Waals surface area contributed by atoms with Crippen LogP contribution in [0, 0.1) is 5.92 Å². The first-order valence-corrected chi connectivity index (χ1v) is 9.45. The number of benzene rings is 1. The Hall–Kier alpha value is -1.72. The zero-order valence-corrected chi connectivity index (χ0v) is 14.8. The van der Waals surface area contributed by atoms with Crippen molar-refractivity contribution in [2.24, 2.45) is 5.92 Å². The summed E-state index contributed by atoms with van der Waals surface area (Å²) in [6.07, 6.45) is 3.73. The molecule has 0 bridgehead atoms. The minimum Gasteiger partial charge on any atom is -0.396 e. The van der Waals surface area contributed by atoms with Crippen LogP contribution in [0.5, 0.6) is 0 Å². The van der Waals surface area contributed by atoms with Gasteiger partial charge in [0.15, 0.2) is 0 Å². The minimum absolute atomic E-state index is 0.00265. The molecule has 2 atom stereocenters.